The van der Waals surface area contributed by atoms with E-state index in [2.05, 4.69) is 37.6 Å². The lowest BCUT2D eigenvalue weighted by atomic mass is 9.98. The minimum Gasteiger partial charge on any atom is -0.236 e. The Labute approximate surface area is 71.5 Å². The lowest BCUT2D eigenvalue weighted by Crippen LogP contribution is -1.99. The topological polar surface area (TPSA) is 12.9 Å². The number of hydrogen-bond acceptors (Lipinski definition) is 2. The van der Waals surface area contributed by atoms with Crippen molar-refractivity contribution in [2.24, 2.45) is 5.41 Å². The van der Waals surface area contributed by atoms with E-state index in [1.807, 2.05) is 5.38 Å². The molecule has 0 aromatic carbocycles. The van der Waals surface area contributed by atoms with Gasteiger partial charge in [0.2, 0.25) is 0 Å². The Hall–Kier alpha value is -0.810. The fraction of sp³-hybridized carbons (Fsp3) is 0.444. The van der Waals surface area contributed by atoms with Gasteiger partial charge in [-0.05, 0) is 26.7 Å². The summed E-state index contributed by atoms with van der Waals surface area (Å²) in [6, 6.07) is 0. The second-order valence-electron chi connectivity index (χ2n) is 3.34. The molecule has 58 valence electrons. The Morgan fingerprint density at radius 2 is 2.18 bits per heavy atom. The van der Waals surface area contributed by atoms with E-state index in [1.165, 1.54) is 0 Å². The van der Waals surface area contributed by atoms with Crippen LogP contribution in [-0.4, -0.2) is 4.98 Å². The van der Waals surface area contributed by atoms with Crippen molar-refractivity contribution in [3.8, 4) is 11.8 Å². The molecule has 0 N–H and O–H groups in total. The van der Waals surface area contributed by atoms with Crippen LogP contribution in [0, 0.1) is 17.3 Å². The van der Waals surface area contributed by atoms with Crippen LogP contribution < -0.4 is 0 Å². The minimum atomic E-state index is 0.0751. The Morgan fingerprint density at radius 3 is 2.64 bits per heavy atom. The molecule has 0 bridgehead atoms. The summed E-state index contributed by atoms with van der Waals surface area (Å²) in [7, 11) is 0. The maximum absolute atomic E-state index is 4.06. The smallest absolute Gasteiger partial charge is 0.166 e. The standard InChI is InChI=1S/C9H11NS/c1-9(2,3)5-4-8-10-6-7-11-8/h6-7H,1-3H3. The van der Waals surface area contributed by atoms with Crippen molar-refractivity contribution in [3.63, 3.8) is 0 Å². The molecule has 2 heteroatoms. The summed E-state index contributed by atoms with van der Waals surface area (Å²) in [6.45, 7) is 6.27. The van der Waals surface area contributed by atoms with E-state index in [4.69, 9.17) is 0 Å². The van der Waals surface area contributed by atoms with Gasteiger partial charge in [0, 0.05) is 17.0 Å². The number of hydrogen-bond donors (Lipinski definition) is 0. The van der Waals surface area contributed by atoms with Crippen molar-refractivity contribution in [2.45, 2.75) is 20.8 Å². The number of aromatic nitrogens is 1. The third kappa shape index (κ3) is 3.20. The Bertz CT molecular complexity index is 269. The molecule has 0 aliphatic heterocycles. The van der Waals surface area contributed by atoms with Crippen LogP contribution in [-0.2, 0) is 0 Å². The second kappa shape index (κ2) is 3.06. The zero-order valence-corrected chi connectivity index (χ0v) is 7.83. The molecule has 1 nitrogen and oxygen atoms in total. The summed E-state index contributed by atoms with van der Waals surface area (Å²) in [4.78, 5) is 4.06. The van der Waals surface area contributed by atoms with E-state index in [0.29, 0.717) is 0 Å². The largest absolute Gasteiger partial charge is 0.236 e. The van der Waals surface area contributed by atoms with Crippen LogP contribution in [0.3, 0.4) is 0 Å². The predicted molar refractivity (Wildman–Crippen MR) is 48.4 cm³/mol. The SMILES string of the molecule is CC(C)(C)C#Cc1nccs1. The number of nitrogens with zero attached hydrogens (tertiary/aromatic N) is 1. The highest BCUT2D eigenvalue weighted by atomic mass is 32.1. The van der Waals surface area contributed by atoms with Gasteiger partial charge in [0.1, 0.15) is 0 Å². The third-order valence-electron chi connectivity index (χ3n) is 0.977. The van der Waals surface area contributed by atoms with Crippen LogP contribution in [0.2, 0.25) is 0 Å². The average molecular weight is 165 g/mol. The van der Waals surface area contributed by atoms with Gasteiger partial charge in [-0.25, -0.2) is 4.98 Å². The molecule has 0 saturated carbocycles. The first kappa shape index (κ1) is 8.29. The number of thiazole rings is 1. The average Bonchev–Trinajstić information content (AvgIpc) is 2.32. The fourth-order valence-electron chi connectivity index (χ4n) is 0.526. The molecule has 0 saturated heterocycles. The molecule has 1 aromatic heterocycles. The summed E-state index contributed by atoms with van der Waals surface area (Å²) in [5.41, 5.74) is 0.0751. The van der Waals surface area contributed by atoms with E-state index in [-0.39, 0.29) is 5.41 Å². The molecule has 0 unspecified atom stereocenters. The van der Waals surface area contributed by atoms with Gasteiger partial charge in [0.25, 0.3) is 0 Å². The van der Waals surface area contributed by atoms with Crippen molar-refractivity contribution >= 4 is 11.3 Å². The van der Waals surface area contributed by atoms with Crippen LogP contribution >= 0.6 is 11.3 Å². The Balaban J connectivity index is 2.74. The normalized spacial score (nSPS) is 10.5. The van der Waals surface area contributed by atoms with Crippen LogP contribution in [0.25, 0.3) is 0 Å². The molecule has 1 heterocycles. The maximum atomic E-state index is 4.06. The highest BCUT2D eigenvalue weighted by Gasteiger charge is 2.03. The lowest BCUT2D eigenvalue weighted by Gasteiger charge is -2.05. The molecule has 0 amide bonds. The highest BCUT2D eigenvalue weighted by Crippen LogP contribution is 2.11. The van der Waals surface area contributed by atoms with Gasteiger partial charge < -0.3 is 0 Å². The molecular weight excluding hydrogens is 154 g/mol. The van der Waals surface area contributed by atoms with Crippen LogP contribution in [0.5, 0.6) is 0 Å². The van der Waals surface area contributed by atoms with Crippen molar-refractivity contribution in [1.82, 2.24) is 4.98 Å². The van der Waals surface area contributed by atoms with E-state index < -0.39 is 0 Å². The summed E-state index contributed by atoms with van der Waals surface area (Å²) in [5, 5.41) is 2.84. The van der Waals surface area contributed by atoms with Crippen LogP contribution in [0.4, 0.5) is 0 Å². The molecule has 0 atom stereocenters. The Morgan fingerprint density at radius 1 is 1.45 bits per heavy atom. The predicted octanol–water partition coefficient (Wildman–Crippen LogP) is 2.54. The molecular formula is C9H11NS. The summed E-state index contributed by atoms with van der Waals surface area (Å²) < 4.78 is 0. The van der Waals surface area contributed by atoms with E-state index >= 15 is 0 Å². The summed E-state index contributed by atoms with van der Waals surface area (Å²) in [5.74, 6) is 6.14. The molecule has 0 aliphatic rings. The van der Waals surface area contributed by atoms with Gasteiger partial charge in [0.05, 0.1) is 0 Å². The molecule has 0 spiro atoms. The van der Waals surface area contributed by atoms with Crippen molar-refractivity contribution in [1.29, 1.82) is 0 Å². The fourth-order valence-corrected chi connectivity index (χ4v) is 1.01. The molecule has 0 radical (unpaired) electrons. The molecule has 0 fully saturated rings. The molecule has 1 rings (SSSR count). The summed E-state index contributed by atoms with van der Waals surface area (Å²) in [6.07, 6.45) is 1.78. The van der Waals surface area contributed by atoms with Gasteiger partial charge in [0.15, 0.2) is 5.01 Å². The van der Waals surface area contributed by atoms with Gasteiger partial charge in [-0.3, -0.25) is 0 Å². The van der Waals surface area contributed by atoms with Gasteiger partial charge in [-0.15, -0.1) is 11.3 Å². The monoisotopic (exact) mass is 165 g/mol. The van der Waals surface area contributed by atoms with Crippen molar-refractivity contribution in [2.75, 3.05) is 0 Å². The Kier molecular flexibility index (Phi) is 2.31. The van der Waals surface area contributed by atoms with E-state index in [9.17, 15) is 0 Å². The molecule has 1 aromatic rings. The first-order chi connectivity index (χ1) is 5.08. The van der Waals surface area contributed by atoms with Gasteiger partial charge in [-0.1, -0.05) is 5.92 Å². The first-order valence-electron chi connectivity index (χ1n) is 3.50. The number of rotatable bonds is 0. The molecule has 0 aliphatic carbocycles. The second-order valence-corrected chi connectivity index (χ2v) is 4.23. The minimum absolute atomic E-state index is 0.0751. The third-order valence-corrected chi connectivity index (χ3v) is 1.67. The molecule has 11 heavy (non-hydrogen) atoms. The zero-order valence-electron chi connectivity index (χ0n) is 7.01. The van der Waals surface area contributed by atoms with E-state index in [0.717, 1.165) is 5.01 Å². The van der Waals surface area contributed by atoms with Crippen molar-refractivity contribution in [3.05, 3.63) is 16.6 Å². The maximum Gasteiger partial charge on any atom is 0.166 e. The summed E-state index contributed by atoms with van der Waals surface area (Å²) >= 11 is 1.58. The first-order valence-corrected chi connectivity index (χ1v) is 4.38. The highest BCUT2D eigenvalue weighted by molar-refractivity contribution is 7.10. The van der Waals surface area contributed by atoms with Crippen molar-refractivity contribution < 1.29 is 0 Å². The van der Waals surface area contributed by atoms with Gasteiger partial charge >= 0.3 is 0 Å². The van der Waals surface area contributed by atoms with Crippen LogP contribution in [0.15, 0.2) is 11.6 Å². The van der Waals surface area contributed by atoms with E-state index in [1.54, 1.807) is 17.5 Å². The zero-order chi connectivity index (χ0) is 8.32. The lowest BCUT2D eigenvalue weighted by molar-refractivity contribution is 0.571. The van der Waals surface area contributed by atoms with Crippen LogP contribution in [0.1, 0.15) is 25.8 Å². The quantitative estimate of drug-likeness (QED) is 0.538. The van der Waals surface area contributed by atoms with Gasteiger partial charge in [-0.2, -0.15) is 0 Å².